The summed E-state index contributed by atoms with van der Waals surface area (Å²) in [5.41, 5.74) is 0.675. The fraction of sp³-hybridized carbons (Fsp3) is 0.714. The zero-order chi connectivity index (χ0) is 15.5. The molecule has 0 spiro atoms. The summed E-state index contributed by atoms with van der Waals surface area (Å²) in [5, 5.41) is 4.86. The molecule has 0 radical (unpaired) electrons. The smallest absolute Gasteiger partial charge is 0.228 e. The van der Waals surface area contributed by atoms with E-state index in [4.69, 9.17) is 25.8 Å². The zero-order valence-electron chi connectivity index (χ0n) is 12.5. The van der Waals surface area contributed by atoms with Gasteiger partial charge in [-0.1, -0.05) is 11.6 Å². The molecule has 0 aliphatic carbocycles. The van der Waals surface area contributed by atoms with Crippen LogP contribution in [-0.4, -0.2) is 59.8 Å². The molecule has 3 heterocycles. The number of amides is 1. The molecule has 1 amide bonds. The number of nitrogens with zero attached hydrogens (tertiary/aromatic N) is 3. The lowest BCUT2D eigenvalue weighted by Gasteiger charge is -2.26. The van der Waals surface area contributed by atoms with E-state index < -0.39 is 0 Å². The number of aromatic nitrogens is 2. The second-order valence-corrected chi connectivity index (χ2v) is 5.96. The molecule has 7 nitrogen and oxygen atoms in total. The first-order chi connectivity index (χ1) is 10.6. The number of halogens is 1. The van der Waals surface area contributed by atoms with Crippen molar-refractivity contribution < 1.29 is 19.0 Å². The lowest BCUT2D eigenvalue weighted by molar-refractivity contribution is -0.142. The molecule has 0 saturated carbocycles. The van der Waals surface area contributed by atoms with Crippen LogP contribution in [0.1, 0.15) is 12.1 Å². The normalized spacial score (nSPS) is 22.4. The number of carbonyl (C=O) groups is 1. The van der Waals surface area contributed by atoms with E-state index in [1.54, 1.807) is 22.8 Å². The van der Waals surface area contributed by atoms with Crippen LogP contribution in [0.4, 0.5) is 0 Å². The van der Waals surface area contributed by atoms with Crippen molar-refractivity contribution in [1.29, 1.82) is 0 Å². The Bertz CT molecular complexity index is 524. The standard InChI is InChI=1S/C14H20ClN3O4/c1-17-6-11(15)12(16-17)7-18(8-13-21-4-5-22-13)14(19)10-2-3-20-9-10/h6,10,13H,2-5,7-9H2,1H3. The van der Waals surface area contributed by atoms with E-state index >= 15 is 0 Å². The number of aryl methyl sites for hydroxylation is 1. The summed E-state index contributed by atoms with van der Waals surface area (Å²) in [6, 6.07) is 0. The van der Waals surface area contributed by atoms with Crippen LogP contribution in [0.15, 0.2) is 6.20 Å². The zero-order valence-corrected chi connectivity index (χ0v) is 13.3. The molecule has 0 N–H and O–H groups in total. The van der Waals surface area contributed by atoms with Gasteiger partial charge in [0, 0.05) is 19.9 Å². The van der Waals surface area contributed by atoms with Gasteiger partial charge in [0.05, 0.1) is 43.9 Å². The van der Waals surface area contributed by atoms with Crippen molar-refractivity contribution in [3.8, 4) is 0 Å². The number of hydrogen-bond donors (Lipinski definition) is 0. The minimum Gasteiger partial charge on any atom is -0.381 e. The highest BCUT2D eigenvalue weighted by Crippen LogP contribution is 2.21. The Morgan fingerprint density at radius 1 is 1.45 bits per heavy atom. The van der Waals surface area contributed by atoms with Gasteiger partial charge in [0.25, 0.3) is 0 Å². The Hall–Kier alpha value is -1.15. The fourth-order valence-electron chi connectivity index (χ4n) is 2.71. The van der Waals surface area contributed by atoms with Crippen molar-refractivity contribution in [2.75, 3.05) is 33.0 Å². The SMILES string of the molecule is Cn1cc(Cl)c(CN(CC2OCCO2)C(=O)C2CCOC2)n1. The molecule has 22 heavy (non-hydrogen) atoms. The fourth-order valence-corrected chi connectivity index (χ4v) is 2.94. The Morgan fingerprint density at radius 3 is 2.82 bits per heavy atom. The minimum atomic E-state index is -0.381. The van der Waals surface area contributed by atoms with Gasteiger partial charge in [0.2, 0.25) is 5.91 Å². The van der Waals surface area contributed by atoms with E-state index in [2.05, 4.69) is 5.10 Å². The number of ether oxygens (including phenoxy) is 3. The van der Waals surface area contributed by atoms with Crippen molar-refractivity contribution in [2.45, 2.75) is 19.3 Å². The molecule has 1 aromatic heterocycles. The van der Waals surface area contributed by atoms with E-state index in [1.807, 2.05) is 0 Å². The molecule has 3 rings (SSSR count). The van der Waals surface area contributed by atoms with Crippen molar-refractivity contribution >= 4 is 17.5 Å². The van der Waals surface area contributed by atoms with Gasteiger partial charge in [0.1, 0.15) is 5.69 Å². The van der Waals surface area contributed by atoms with Gasteiger partial charge < -0.3 is 19.1 Å². The third-order valence-corrected chi connectivity index (χ3v) is 4.16. The molecule has 8 heteroatoms. The van der Waals surface area contributed by atoms with Crippen LogP contribution in [0.5, 0.6) is 0 Å². The van der Waals surface area contributed by atoms with E-state index in [0.29, 0.717) is 50.2 Å². The average Bonchev–Trinajstić information content (AvgIpc) is 3.21. The average molecular weight is 330 g/mol. The molecule has 122 valence electrons. The lowest BCUT2D eigenvalue weighted by Crippen LogP contribution is -2.41. The summed E-state index contributed by atoms with van der Waals surface area (Å²) in [6.45, 7) is 2.94. The van der Waals surface area contributed by atoms with E-state index in [9.17, 15) is 4.79 Å². The second-order valence-electron chi connectivity index (χ2n) is 5.55. The predicted octanol–water partition coefficient (Wildman–Crippen LogP) is 0.811. The van der Waals surface area contributed by atoms with Crippen LogP contribution >= 0.6 is 11.6 Å². The highest BCUT2D eigenvalue weighted by molar-refractivity contribution is 6.31. The molecule has 2 aliphatic heterocycles. The maximum Gasteiger partial charge on any atom is 0.228 e. The van der Waals surface area contributed by atoms with Crippen LogP contribution in [0.25, 0.3) is 0 Å². The summed E-state index contributed by atoms with van der Waals surface area (Å²) in [7, 11) is 1.80. The first-order valence-electron chi connectivity index (χ1n) is 7.41. The van der Waals surface area contributed by atoms with Gasteiger partial charge in [-0.3, -0.25) is 9.48 Å². The monoisotopic (exact) mass is 329 g/mol. The molecule has 2 fully saturated rings. The Morgan fingerprint density at radius 2 is 2.23 bits per heavy atom. The molecule has 1 atom stereocenters. The minimum absolute atomic E-state index is 0.0401. The van der Waals surface area contributed by atoms with Crippen molar-refractivity contribution in [1.82, 2.24) is 14.7 Å². The summed E-state index contributed by atoms with van der Waals surface area (Å²) in [4.78, 5) is 14.4. The van der Waals surface area contributed by atoms with Gasteiger partial charge >= 0.3 is 0 Å². The van der Waals surface area contributed by atoms with Crippen LogP contribution < -0.4 is 0 Å². The van der Waals surface area contributed by atoms with E-state index in [1.165, 1.54) is 0 Å². The van der Waals surface area contributed by atoms with Crippen molar-refractivity contribution in [3.05, 3.63) is 16.9 Å². The number of rotatable bonds is 5. The third kappa shape index (κ3) is 3.60. The predicted molar refractivity (Wildman–Crippen MR) is 78.3 cm³/mol. The molecule has 2 saturated heterocycles. The first-order valence-corrected chi connectivity index (χ1v) is 7.79. The van der Waals surface area contributed by atoms with Crippen LogP contribution in [-0.2, 0) is 32.6 Å². The highest BCUT2D eigenvalue weighted by Gasteiger charge is 2.31. The van der Waals surface area contributed by atoms with Gasteiger partial charge in [0.15, 0.2) is 6.29 Å². The van der Waals surface area contributed by atoms with Crippen molar-refractivity contribution in [2.24, 2.45) is 13.0 Å². The Labute approximate surface area is 134 Å². The van der Waals surface area contributed by atoms with E-state index in [0.717, 1.165) is 6.42 Å². The van der Waals surface area contributed by atoms with Gasteiger partial charge in [-0.25, -0.2) is 0 Å². The highest BCUT2D eigenvalue weighted by atomic mass is 35.5. The summed E-state index contributed by atoms with van der Waals surface area (Å²) in [6.07, 6.45) is 2.09. The first kappa shape index (κ1) is 15.7. The quantitative estimate of drug-likeness (QED) is 0.800. The summed E-state index contributed by atoms with van der Waals surface area (Å²) < 4.78 is 17.9. The van der Waals surface area contributed by atoms with Gasteiger partial charge in [-0.15, -0.1) is 0 Å². The van der Waals surface area contributed by atoms with Gasteiger partial charge in [-0.05, 0) is 6.42 Å². The van der Waals surface area contributed by atoms with Crippen LogP contribution in [0.2, 0.25) is 5.02 Å². The maximum atomic E-state index is 12.7. The van der Waals surface area contributed by atoms with Crippen LogP contribution in [0, 0.1) is 5.92 Å². The topological polar surface area (TPSA) is 65.8 Å². The maximum absolute atomic E-state index is 12.7. The Kier molecular flexibility index (Phi) is 4.97. The molecule has 0 bridgehead atoms. The number of hydrogen-bond acceptors (Lipinski definition) is 5. The van der Waals surface area contributed by atoms with E-state index in [-0.39, 0.29) is 18.1 Å². The molecule has 0 aromatic carbocycles. The number of carbonyl (C=O) groups excluding carboxylic acids is 1. The largest absolute Gasteiger partial charge is 0.381 e. The third-order valence-electron chi connectivity index (χ3n) is 3.85. The van der Waals surface area contributed by atoms with Gasteiger partial charge in [-0.2, -0.15) is 5.10 Å². The molecule has 2 aliphatic rings. The molecule has 1 unspecified atom stereocenters. The second kappa shape index (κ2) is 6.95. The lowest BCUT2D eigenvalue weighted by atomic mass is 10.1. The summed E-state index contributed by atoms with van der Waals surface area (Å²) >= 11 is 6.16. The molecular formula is C14H20ClN3O4. The van der Waals surface area contributed by atoms with Crippen LogP contribution in [0.3, 0.4) is 0 Å². The Balaban J connectivity index is 1.72. The summed E-state index contributed by atoms with van der Waals surface area (Å²) in [5.74, 6) is -0.0674. The van der Waals surface area contributed by atoms with Crippen molar-refractivity contribution in [3.63, 3.8) is 0 Å². The molecule has 1 aromatic rings. The molecular weight excluding hydrogens is 310 g/mol.